The number of pyridine rings is 1. The minimum atomic E-state index is -0.148. The Morgan fingerprint density at radius 1 is 1.23 bits per heavy atom. The topological polar surface area (TPSA) is 65.2 Å². The fourth-order valence-corrected chi connectivity index (χ4v) is 5.72. The van der Waals surface area contributed by atoms with Crippen LogP contribution in [0.1, 0.15) is 56.7 Å². The molecule has 0 spiro atoms. The zero-order valence-electron chi connectivity index (χ0n) is 17.6. The number of halogens is 2. The van der Waals surface area contributed by atoms with Crippen molar-refractivity contribution in [3.63, 3.8) is 0 Å². The summed E-state index contributed by atoms with van der Waals surface area (Å²) in [7, 11) is 0. The maximum absolute atomic E-state index is 13.5. The number of nitrogens with zero attached hydrogens (tertiary/aromatic N) is 1. The second kappa shape index (κ2) is 7.80. The number of carbonyl (C=O) groups excluding carboxylic acids is 1. The van der Waals surface area contributed by atoms with Gasteiger partial charge in [-0.25, -0.2) is 0 Å². The van der Waals surface area contributed by atoms with E-state index >= 15 is 0 Å². The van der Waals surface area contributed by atoms with Crippen molar-refractivity contribution in [3.8, 4) is 0 Å². The van der Waals surface area contributed by atoms with Crippen LogP contribution >= 0.6 is 23.2 Å². The van der Waals surface area contributed by atoms with Gasteiger partial charge in [0.2, 0.25) is 0 Å². The highest BCUT2D eigenvalue weighted by atomic mass is 35.5. The van der Waals surface area contributed by atoms with Gasteiger partial charge in [0, 0.05) is 22.8 Å². The Hall–Kier alpha value is -2.08. The molecule has 3 aliphatic rings. The molecule has 1 aromatic heterocycles. The Bertz CT molecular complexity index is 1180. The Morgan fingerprint density at radius 2 is 2.00 bits per heavy atom. The van der Waals surface area contributed by atoms with E-state index in [0.717, 1.165) is 47.5 Å². The molecule has 1 aromatic carbocycles. The maximum Gasteiger partial charge on any atom is 0.256 e. The van der Waals surface area contributed by atoms with Crippen molar-refractivity contribution in [3.05, 3.63) is 71.6 Å². The number of aromatic nitrogens is 1. The van der Waals surface area contributed by atoms with Gasteiger partial charge in [-0.3, -0.25) is 9.59 Å². The summed E-state index contributed by atoms with van der Waals surface area (Å²) in [5.74, 6) is 0.555. The zero-order valence-corrected chi connectivity index (χ0v) is 19.2. The lowest BCUT2D eigenvalue weighted by Crippen LogP contribution is -2.45. The van der Waals surface area contributed by atoms with E-state index in [1.54, 1.807) is 4.90 Å². The first-order valence-electron chi connectivity index (χ1n) is 10.8. The Labute approximate surface area is 191 Å². The normalized spacial score (nSPS) is 18.7. The van der Waals surface area contributed by atoms with Crippen LogP contribution in [0.15, 0.2) is 16.9 Å². The Balaban J connectivity index is 1.51. The van der Waals surface area contributed by atoms with Crippen molar-refractivity contribution in [1.82, 2.24) is 15.2 Å². The highest BCUT2D eigenvalue weighted by molar-refractivity contribution is 6.37. The average Bonchev–Trinajstić information content (AvgIpc) is 3.17. The fraction of sp³-hybridized carbons (Fsp3) is 0.417. The number of allylic oxidation sites excluding steroid dienone is 1. The van der Waals surface area contributed by atoms with E-state index in [-0.39, 0.29) is 23.9 Å². The van der Waals surface area contributed by atoms with Crippen molar-refractivity contribution >= 4 is 35.2 Å². The Kier molecular flexibility index (Phi) is 5.24. The number of hydrogen-bond acceptors (Lipinski definition) is 3. The van der Waals surface area contributed by atoms with Crippen molar-refractivity contribution in [2.45, 2.75) is 39.2 Å². The average molecular weight is 458 g/mol. The van der Waals surface area contributed by atoms with E-state index in [9.17, 15) is 9.59 Å². The number of benzene rings is 1. The van der Waals surface area contributed by atoms with E-state index in [1.165, 1.54) is 0 Å². The van der Waals surface area contributed by atoms with Crippen LogP contribution < -0.4 is 10.9 Å². The molecule has 162 valence electrons. The first-order chi connectivity index (χ1) is 14.9. The highest BCUT2D eigenvalue weighted by Gasteiger charge is 2.34. The lowest BCUT2D eigenvalue weighted by Gasteiger charge is -2.35. The summed E-state index contributed by atoms with van der Waals surface area (Å²) in [5, 5.41) is 4.41. The molecule has 1 fully saturated rings. The molecule has 1 unspecified atom stereocenters. The van der Waals surface area contributed by atoms with Gasteiger partial charge in [0.25, 0.3) is 11.5 Å². The number of aromatic amines is 1. The van der Waals surface area contributed by atoms with E-state index in [0.29, 0.717) is 40.1 Å². The SMILES string of the molecule is Cc1[nH]c(=O)c(CN2CCc3c(Cl)cc(C(C)C4CNC4)c(Cl)c3C2=O)c2c1CC=C2. The zero-order chi connectivity index (χ0) is 21.9. The molecule has 31 heavy (non-hydrogen) atoms. The second-order valence-electron chi connectivity index (χ2n) is 8.86. The fourth-order valence-electron chi connectivity index (χ4n) is 4.99. The monoisotopic (exact) mass is 457 g/mol. The van der Waals surface area contributed by atoms with Crippen LogP contribution in [-0.4, -0.2) is 35.4 Å². The molecule has 1 amide bonds. The number of H-pyrrole nitrogens is 1. The molecule has 1 aliphatic carbocycles. The highest BCUT2D eigenvalue weighted by Crippen LogP contribution is 2.40. The van der Waals surface area contributed by atoms with Crippen LogP contribution in [0.5, 0.6) is 0 Å². The van der Waals surface area contributed by atoms with Gasteiger partial charge in [-0.15, -0.1) is 0 Å². The van der Waals surface area contributed by atoms with E-state index in [4.69, 9.17) is 23.2 Å². The number of aryl methyl sites for hydroxylation is 1. The summed E-state index contributed by atoms with van der Waals surface area (Å²) in [6.45, 7) is 6.72. The summed E-state index contributed by atoms with van der Waals surface area (Å²) in [6.07, 6.45) is 5.48. The number of hydrogen-bond donors (Lipinski definition) is 2. The van der Waals surface area contributed by atoms with Gasteiger partial charge in [0.05, 0.1) is 17.1 Å². The van der Waals surface area contributed by atoms with Crippen LogP contribution in [-0.2, 0) is 19.4 Å². The van der Waals surface area contributed by atoms with Crippen LogP contribution in [0.3, 0.4) is 0 Å². The van der Waals surface area contributed by atoms with E-state index < -0.39 is 0 Å². The number of nitrogens with one attached hydrogen (secondary N) is 2. The molecule has 7 heteroatoms. The summed E-state index contributed by atoms with van der Waals surface area (Å²) < 4.78 is 0. The minimum absolute atomic E-state index is 0.134. The van der Waals surface area contributed by atoms with Gasteiger partial charge in [0.1, 0.15) is 0 Å². The molecule has 3 heterocycles. The standard InChI is InChI=1S/C24H25Cl2N3O2/c1-12(14-9-27-10-14)18-8-20(25)17-6-7-29(24(31)21(17)22(18)26)11-19-16-5-3-4-15(16)13(2)28-23(19)30/h3,5,8,12,14,27H,4,6-7,9-11H2,1-2H3,(H,28,30). The molecule has 0 radical (unpaired) electrons. The summed E-state index contributed by atoms with van der Waals surface area (Å²) in [5.41, 5.74) is 5.73. The summed E-state index contributed by atoms with van der Waals surface area (Å²) in [6, 6.07) is 1.94. The van der Waals surface area contributed by atoms with Gasteiger partial charge in [0.15, 0.2) is 0 Å². The number of amides is 1. The number of carbonyl (C=O) groups is 1. The van der Waals surface area contributed by atoms with Gasteiger partial charge in [-0.2, -0.15) is 0 Å². The summed E-state index contributed by atoms with van der Waals surface area (Å²) in [4.78, 5) is 30.9. The third-order valence-corrected chi connectivity index (χ3v) is 7.87. The van der Waals surface area contributed by atoms with E-state index in [1.807, 2.05) is 19.1 Å². The van der Waals surface area contributed by atoms with Crippen molar-refractivity contribution in [2.24, 2.45) is 5.92 Å². The van der Waals surface area contributed by atoms with Crippen LogP contribution in [0, 0.1) is 12.8 Å². The third-order valence-electron chi connectivity index (χ3n) is 7.12. The molecule has 0 saturated carbocycles. The Morgan fingerprint density at radius 3 is 2.71 bits per heavy atom. The lowest BCUT2D eigenvalue weighted by atomic mass is 9.82. The van der Waals surface area contributed by atoms with Crippen molar-refractivity contribution in [2.75, 3.05) is 19.6 Å². The van der Waals surface area contributed by atoms with Gasteiger partial charge in [-0.05, 0) is 73.0 Å². The first-order valence-corrected chi connectivity index (χ1v) is 11.5. The molecule has 1 atom stereocenters. The third kappa shape index (κ3) is 3.34. The molecule has 0 bridgehead atoms. The molecular weight excluding hydrogens is 433 g/mol. The maximum atomic E-state index is 13.5. The van der Waals surface area contributed by atoms with Crippen molar-refractivity contribution in [1.29, 1.82) is 0 Å². The molecule has 5 nitrogen and oxygen atoms in total. The van der Waals surface area contributed by atoms with Crippen LogP contribution in [0.25, 0.3) is 6.08 Å². The van der Waals surface area contributed by atoms with Gasteiger partial charge >= 0.3 is 0 Å². The smallest absolute Gasteiger partial charge is 0.256 e. The van der Waals surface area contributed by atoms with Crippen LogP contribution in [0.4, 0.5) is 0 Å². The molecule has 2 N–H and O–H groups in total. The molecule has 5 rings (SSSR count). The molecular formula is C24H25Cl2N3O2. The predicted octanol–water partition coefficient (Wildman–Crippen LogP) is 4.08. The van der Waals surface area contributed by atoms with Crippen molar-refractivity contribution < 1.29 is 4.79 Å². The largest absolute Gasteiger partial charge is 0.334 e. The number of fused-ring (bicyclic) bond motifs is 2. The minimum Gasteiger partial charge on any atom is -0.334 e. The number of rotatable bonds is 4. The molecule has 1 saturated heterocycles. The summed E-state index contributed by atoms with van der Waals surface area (Å²) >= 11 is 13.4. The molecule has 2 aliphatic heterocycles. The quantitative estimate of drug-likeness (QED) is 0.726. The predicted molar refractivity (Wildman–Crippen MR) is 124 cm³/mol. The second-order valence-corrected chi connectivity index (χ2v) is 9.64. The first kappa shape index (κ1) is 20.8. The van der Waals surface area contributed by atoms with Crippen LogP contribution in [0.2, 0.25) is 10.0 Å². The van der Waals surface area contributed by atoms with Gasteiger partial charge in [-0.1, -0.05) is 42.3 Å². The van der Waals surface area contributed by atoms with Gasteiger partial charge < -0.3 is 15.2 Å². The van der Waals surface area contributed by atoms with E-state index in [2.05, 4.69) is 23.3 Å². The molecule has 2 aromatic rings. The lowest BCUT2D eigenvalue weighted by molar-refractivity contribution is 0.0726.